The number of alkyl halides is 1. The molecule has 5 N–H and O–H groups in total. The molecule has 0 bridgehead atoms. The first kappa shape index (κ1) is 21.5. The van der Waals surface area contributed by atoms with Crippen LogP contribution in [-0.4, -0.2) is 65.3 Å². The zero-order valence-electron chi connectivity index (χ0n) is 14.7. The highest BCUT2D eigenvalue weighted by molar-refractivity contribution is 7.80. The smallest absolute Gasteiger partial charge is 0.331 e. The molecule has 0 aromatic heterocycles. The molecule has 9 heteroatoms. The van der Waals surface area contributed by atoms with Gasteiger partial charge in [0.1, 0.15) is 6.17 Å². The van der Waals surface area contributed by atoms with E-state index in [9.17, 15) is 23.9 Å². The molecule has 1 aliphatic rings. The molecule has 1 heterocycles. The van der Waals surface area contributed by atoms with E-state index in [2.05, 4.69) is 23.3 Å². The van der Waals surface area contributed by atoms with Crippen LogP contribution in [0.15, 0.2) is 30.3 Å². The van der Waals surface area contributed by atoms with Crippen LogP contribution < -0.4 is 16.4 Å². The number of aliphatic carboxylic acids is 1. The SMILES string of the molecule is NCC(=O)C(CS)N[C@@H](Cc1ccccc1)C(=O)[C@@]1(C(=O)O)CC(F)CN1. The first-order chi connectivity index (χ1) is 12.8. The molecule has 1 saturated heterocycles. The Bertz CT molecular complexity index is 690. The van der Waals surface area contributed by atoms with Crippen LogP contribution >= 0.6 is 12.6 Å². The van der Waals surface area contributed by atoms with Crippen LogP contribution in [0.3, 0.4) is 0 Å². The van der Waals surface area contributed by atoms with Gasteiger partial charge in [-0.3, -0.25) is 20.2 Å². The molecule has 0 radical (unpaired) electrons. The summed E-state index contributed by atoms with van der Waals surface area (Å²) in [7, 11) is 0. The Morgan fingerprint density at radius 1 is 1.33 bits per heavy atom. The average molecular weight is 397 g/mol. The molecule has 0 amide bonds. The number of hydrogen-bond donors (Lipinski definition) is 5. The van der Waals surface area contributed by atoms with Gasteiger partial charge in [0.25, 0.3) is 0 Å². The van der Waals surface area contributed by atoms with E-state index in [4.69, 9.17) is 5.73 Å². The van der Waals surface area contributed by atoms with E-state index in [-0.39, 0.29) is 31.0 Å². The summed E-state index contributed by atoms with van der Waals surface area (Å²) in [5.74, 6) is -2.40. The van der Waals surface area contributed by atoms with E-state index >= 15 is 0 Å². The van der Waals surface area contributed by atoms with Crippen LogP contribution in [0.5, 0.6) is 0 Å². The highest BCUT2D eigenvalue weighted by atomic mass is 32.1. The minimum atomic E-state index is -2.03. The quantitative estimate of drug-likeness (QED) is 0.272. The summed E-state index contributed by atoms with van der Waals surface area (Å²) >= 11 is 4.12. The van der Waals surface area contributed by atoms with Crippen LogP contribution in [0.1, 0.15) is 12.0 Å². The molecular weight excluding hydrogens is 373 g/mol. The third-order valence-corrected chi connectivity index (χ3v) is 5.08. The molecule has 0 spiro atoms. The number of benzene rings is 1. The van der Waals surface area contributed by atoms with Crippen molar-refractivity contribution >= 4 is 30.2 Å². The van der Waals surface area contributed by atoms with Crippen molar-refractivity contribution in [3.05, 3.63) is 35.9 Å². The van der Waals surface area contributed by atoms with E-state index in [0.29, 0.717) is 0 Å². The Morgan fingerprint density at radius 3 is 2.48 bits per heavy atom. The lowest BCUT2D eigenvalue weighted by atomic mass is 9.84. The van der Waals surface area contributed by atoms with Gasteiger partial charge in [0.2, 0.25) is 0 Å². The number of carbonyl (C=O) groups excluding carboxylic acids is 2. The predicted molar refractivity (Wildman–Crippen MR) is 102 cm³/mol. The van der Waals surface area contributed by atoms with Gasteiger partial charge in [0, 0.05) is 18.7 Å². The van der Waals surface area contributed by atoms with Crippen LogP contribution in [0, 0.1) is 0 Å². The second-order valence-electron chi connectivity index (χ2n) is 6.57. The molecule has 7 nitrogen and oxygen atoms in total. The van der Waals surface area contributed by atoms with Crippen LogP contribution in [0.25, 0.3) is 0 Å². The molecule has 1 fully saturated rings. The van der Waals surface area contributed by atoms with Gasteiger partial charge in [-0.05, 0) is 12.0 Å². The minimum absolute atomic E-state index is 0.0911. The molecule has 2 unspecified atom stereocenters. The van der Waals surface area contributed by atoms with E-state index in [1.165, 1.54) is 0 Å². The molecule has 0 saturated carbocycles. The Kier molecular flexibility index (Phi) is 7.49. The number of hydrogen-bond acceptors (Lipinski definition) is 7. The van der Waals surface area contributed by atoms with Gasteiger partial charge in [0.15, 0.2) is 17.1 Å². The summed E-state index contributed by atoms with van der Waals surface area (Å²) < 4.78 is 13.8. The maximum atomic E-state index is 13.8. The highest BCUT2D eigenvalue weighted by Gasteiger charge is 2.54. The number of carbonyl (C=O) groups is 3. The molecule has 1 aliphatic heterocycles. The van der Waals surface area contributed by atoms with Gasteiger partial charge in [-0.2, -0.15) is 12.6 Å². The van der Waals surface area contributed by atoms with Crippen molar-refractivity contribution in [1.29, 1.82) is 0 Å². The van der Waals surface area contributed by atoms with Crippen molar-refractivity contribution < 1.29 is 23.9 Å². The van der Waals surface area contributed by atoms with E-state index in [0.717, 1.165) is 5.56 Å². The Morgan fingerprint density at radius 2 is 2.00 bits per heavy atom. The molecule has 2 rings (SSSR count). The lowest BCUT2D eigenvalue weighted by Gasteiger charge is -2.30. The first-order valence-electron chi connectivity index (χ1n) is 8.64. The average Bonchev–Trinajstić information content (AvgIpc) is 3.08. The van der Waals surface area contributed by atoms with Crippen LogP contribution in [-0.2, 0) is 20.8 Å². The number of carboxylic acids is 1. The van der Waals surface area contributed by atoms with Crippen molar-refractivity contribution in [2.24, 2.45) is 5.73 Å². The van der Waals surface area contributed by atoms with Crippen LogP contribution in [0.2, 0.25) is 0 Å². The zero-order chi connectivity index (χ0) is 20.0. The summed E-state index contributed by atoms with van der Waals surface area (Å²) in [6.45, 7) is -0.451. The number of thiol groups is 1. The molecule has 27 heavy (non-hydrogen) atoms. The monoisotopic (exact) mass is 397 g/mol. The summed E-state index contributed by atoms with van der Waals surface area (Å²) in [4.78, 5) is 37.0. The molecule has 148 valence electrons. The number of nitrogens with two attached hydrogens (primary N) is 1. The summed E-state index contributed by atoms with van der Waals surface area (Å²) in [6, 6.07) is 7.13. The van der Waals surface area contributed by atoms with Gasteiger partial charge in [0.05, 0.1) is 18.6 Å². The Labute approximate surface area is 162 Å². The fraction of sp³-hybridized carbons (Fsp3) is 0.500. The molecule has 4 atom stereocenters. The van der Waals surface area contributed by atoms with E-state index < -0.39 is 42.0 Å². The van der Waals surface area contributed by atoms with Gasteiger partial charge >= 0.3 is 5.97 Å². The van der Waals surface area contributed by atoms with Gasteiger partial charge in [-0.25, -0.2) is 9.18 Å². The maximum absolute atomic E-state index is 13.8. The van der Waals surface area contributed by atoms with Gasteiger partial charge < -0.3 is 10.8 Å². The number of ketones is 2. The number of Topliss-reactive ketones (excluding diaryl/α,β-unsaturated/α-hetero) is 2. The Hall–Kier alpha value is -1.81. The summed E-state index contributed by atoms with van der Waals surface area (Å²) in [6.07, 6.45) is -1.74. The molecule has 1 aromatic rings. The second-order valence-corrected chi connectivity index (χ2v) is 6.94. The lowest BCUT2D eigenvalue weighted by molar-refractivity contribution is -0.150. The topological polar surface area (TPSA) is 122 Å². The van der Waals surface area contributed by atoms with Crippen molar-refractivity contribution in [2.45, 2.75) is 36.6 Å². The van der Waals surface area contributed by atoms with Crippen molar-refractivity contribution in [3.8, 4) is 0 Å². The summed E-state index contributed by atoms with van der Waals surface area (Å²) in [5, 5.41) is 15.1. The number of carboxylic acid groups (broad SMARTS) is 1. The number of halogens is 1. The van der Waals surface area contributed by atoms with E-state index in [1.54, 1.807) is 24.3 Å². The number of rotatable bonds is 10. The predicted octanol–water partition coefficient (Wildman–Crippen LogP) is -0.263. The largest absolute Gasteiger partial charge is 0.480 e. The fourth-order valence-corrected chi connectivity index (χ4v) is 3.53. The normalized spacial score (nSPS) is 24.3. The standard InChI is InChI=1S/C18H24FN3O4S/c19-12-7-18(17(25)26,21-9-12)16(24)13(6-11-4-2-1-3-5-11)22-14(10-27)15(23)8-20/h1-5,12-14,21-22,27H,6-10,20H2,(H,25,26)/t12?,13-,14?,18+/m0/s1. The van der Waals surface area contributed by atoms with Crippen molar-refractivity contribution in [2.75, 3.05) is 18.8 Å². The third-order valence-electron chi connectivity index (χ3n) is 4.71. The highest BCUT2D eigenvalue weighted by Crippen LogP contribution is 2.26. The third kappa shape index (κ3) is 4.92. The van der Waals surface area contributed by atoms with Gasteiger partial charge in [-0.15, -0.1) is 0 Å². The first-order valence-corrected chi connectivity index (χ1v) is 9.27. The minimum Gasteiger partial charge on any atom is -0.480 e. The Balaban J connectivity index is 2.33. The van der Waals surface area contributed by atoms with Crippen molar-refractivity contribution in [1.82, 2.24) is 10.6 Å². The second kappa shape index (κ2) is 9.41. The zero-order valence-corrected chi connectivity index (χ0v) is 15.6. The molecule has 0 aliphatic carbocycles. The van der Waals surface area contributed by atoms with Crippen molar-refractivity contribution in [3.63, 3.8) is 0 Å². The summed E-state index contributed by atoms with van der Waals surface area (Å²) in [5.41, 5.74) is 4.15. The molecular formula is C18H24FN3O4S. The molecule has 1 aromatic carbocycles. The van der Waals surface area contributed by atoms with Crippen LogP contribution in [0.4, 0.5) is 4.39 Å². The fourth-order valence-electron chi connectivity index (χ4n) is 3.22. The number of nitrogens with one attached hydrogen (secondary N) is 2. The van der Waals surface area contributed by atoms with Gasteiger partial charge in [-0.1, -0.05) is 30.3 Å². The van der Waals surface area contributed by atoms with E-state index in [1.807, 2.05) is 6.07 Å². The lowest BCUT2D eigenvalue weighted by Crippen LogP contribution is -2.63. The maximum Gasteiger partial charge on any atom is 0.331 e.